The fourth-order valence-corrected chi connectivity index (χ4v) is 2.16. The van der Waals surface area contributed by atoms with Crippen molar-refractivity contribution in [2.45, 2.75) is 17.1 Å². The molecule has 0 fully saturated rings. The van der Waals surface area contributed by atoms with Crippen molar-refractivity contribution in [3.05, 3.63) is 41.5 Å². The Morgan fingerprint density at radius 3 is 2.50 bits per heavy atom. The van der Waals surface area contributed by atoms with Crippen LogP contribution in [0.15, 0.2) is 30.3 Å². The molecule has 0 spiro atoms. The van der Waals surface area contributed by atoms with E-state index in [0.29, 0.717) is 0 Å². The molecular formula is C11H13F2Ti. The van der Waals surface area contributed by atoms with E-state index in [0.717, 1.165) is 0 Å². The van der Waals surface area contributed by atoms with Crippen molar-refractivity contribution in [1.82, 2.24) is 0 Å². The monoisotopic (exact) mass is 231 g/mol. The van der Waals surface area contributed by atoms with Gasteiger partial charge in [0.2, 0.25) is 0 Å². The predicted octanol–water partition coefficient (Wildman–Crippen LogP) is 3.17. The average molecular weight is 231 g/mol. The van der Waals surface area contributed by atoms with Gasteiger partial charge in [0, 0.05) is 0 Å². The quantitative estimate of drug-likeness (QED) is 0.651. The molecule has 75 valence electrons. The molecule has 1 aliphatic rings. The zero-order valence-corrected chi connectivity index (χ0v) is 9.55. The molecule has 1 aromatic carbocycles. The molecule has 0 saturated heterocycles. The summed E-state index contributed by atoms with van der Waals surface area (Å²) in [6.07, 6.45) is 5.73. The number of benzene rings is 1. The maximum Gasteiger partial charge on any atom is -0.269 e. The molecule has 0 bridgehead atoms. The fraction of sp³-hybridized carbons (Fsp3) is 0.273. The number of hydrogen-bond acceptors (Lipinski definition) is 0. The largest absolute Gasteiger partial charge is 0.269 e. The maximum absolute atomic E-state index is 2.32. The minimum absolute atomic E-state index is 0. The Balaban J connectivity index is 0.000000845. The van der Waals surface area contributed by atoms with Crippen molar-refractivity contribution in [3.8, 4) is 0 Å². The second-order valence-corrected chi connectivity index (χ2v) is 4.64. The summed E-state index contributed by atoms with van der Waals surface area (Å²) in [5.74, 6) is 0. The van der Waals surface area contributed by atoms with Crippen LogP contribution in [0.1, 0.15) is 24.5 Å². The maximum atomic E-state index is 2.32. The van der Waals surface area contributed by atoms with Crippen LogP contribution in [-0.4, -0.2) is 0 Å². The fourth-order valence-electron chi connectivity index (χ4n) is 1.68. The molecule has 0 nitrogen and oxygen atoms in total. The molecule has 0 heterocycles. The summed E-state index contributed by atoms with van der Waals surface area (Å²) in [6.45, 7) is 2.24. The SMILES string of the molecule is CC[C]1([Ti])C=Cc2ccccc21.F.F. The first-order valence-electron chi connectivity index (χ1n) is 4.30. The van der Waals surface area contributed by atoms with Crippen molar-refractivity contribution < 1.29 is 29.8 Å². The smallest absolute Gasteiger partial charge is 0.269 e. The summed E-state index contributed by atoms with van der Waals surface area (Å²) in [5, 5.41) is 0. The second kappa shape index (κ2) is 4.85. The molecule has 2 rings (SSSR count). The molecule has 0 aliphatic heterocycles. The summed E-state index contributed by atoms with van der Waals surface area (Å²) in [5.41, 5.74) is 2.87. The minimum atomic E-state index is 0. The van der Waals surface area contributed by atoms with Gasteiger partial charge in [0.1, 0.15) is 0 Å². The van der Waals surface area contributed by atoms with Crippen LogP contribution in [0, 0.1) is 0 Å². The number of allylic oxidation sites excluding steroid dienone is 1. The van der Waals surface area contributed by atoms with Crippen LogP contribution >= 0.6 is 0 Å². The Kier molecular flexibility index (Phi) is 4.69. The van der Waals surface area contributed by atoms with E-state index in [9.17, 15) is 0 Å². The van der Waals surface area contributed by atoms with Gasteiger partial charge in [-0.2, -0.15) is 0 Å². The summed E-state index contributed by atoms with van der Waals surface area (Å²) in [4.78, 5) is 0. The van der Waals surface area contributed by atoms with E-state index in [4.69, 9.17) is 0 Å². The van der Waals surface area contributed by atoms with Gasteiger partial charge >= 0.3 is 85.0 Å². The Bertz CT molecular complexity index is 336. The molecule has 1 atom stereocenters. The molecule has 0 amide bonds. The van der Waals surface area contributed by atoms with Crippen LogP contribution in [0.2, 0.25) is 0 Å². The van der Waals surface area contributed by atoms with Gasteiger partial charge in [0.15, 0.2) is 0 Å². The topological polar surface area (TPSA) is 0 Å². The van der Waals surface area contributed by atoms with E-state index >= 15 is 0 Å². The van der Waals surface area contributed by atoms with Crippen LogP contribution in [-0.2, 0) is 24.2 Å². The third-order valence-corrected chi connectivity index (χ3v) is 3.78. The molecule has 0 radical (unpaired) electrons. The van der Waals surface area contributed by atoms with Gasteiger partial charge in [-0.1, -0.05) is 0 Å². The number of rotatable bonds is 1. The van der Waals surface area contributed by atoms with Gasteiger partial charge in [0.25, 0.3) is 0 Å². The summed E-state index contributed by atoms with van der Waals surface area (Å²) in [6, 6.07) is 8.65. The Morgan fingerprint density at radius 1 is 1.21 bits per heavy atom. The number of fused-ring (bicyclic) bond motifs is 1. The Hall–Kier alpha value is -0.466. The van der Waals surface area contributed by atoms with Crippen LogP contribution in [0.25, 0.3) is 6.08 Å². The van der Waals surface area contributed by atoms with Crippen molar-refractivity contribution >= 4 is 6.08 Å². The van der Waals surface area contributed by atoms with E-state index in [1.807, 2.05) is 0 Å². The minimum Gasteiger partial charge on any atom is -0.269 e. The van der Waals surface area contributed by atoms with E-state index in [2.05, 4.69) is 63.8 Å². The summed E-state index contributed by atoms with van der Waals surface area (Å²) in [7, 11) is 0. The van der Waals surface area contributed by atoms with E-state index in [-0.39, 0.29) is 13.1 Å². The molecule has 0 aromatic heterocycles. The van der Waals surface area contributed by atoms with E-state index in [1.54, 1.807) is 0 Å². The third-order valence-electron chi connectivity index (χ3n) is 2.55. The standard InChI is InChI=1S/C11H11.2FH.Ti/c1-2-9-7-8-10-5-3-4-6-11(9)10;;;/h3-8H,2H2,1H3;2*1H;. The van der Waals surface area contributed by atoms with Crippen molar-refractivity contribution in [2.75, 3.05) is 0 Å². The third kappa shape index (κ3) is 1.96. The molecule has 0 saturated carbocycles. The Morgan fingerprint density at radius 2 is 1.86 bits per heavy atom. The molecule has 0 N–H and O–H groups in total. The molecule has 14 heavy (non-hydrogen) atoms. The van der Waals surface area contributed by atoms with Crippen LogP contribution in [0.3, 0.4) is 0 Å². The van der Waals surface area contributed by atoms with Gasteiger partial charge in [-0.05, 0) is 0 Å². The van der Waals surface area contributed by atoms with Crippen molar-refractivity contribution in [1.29, 1.82) is 0 Å². The zero-order chi connectivity index (χ0) is 8.60. The second-order valence-electron chi connectivity index (χ2n) is 3.25. The average Bonchev–Trinajstić information content (AvgIpc) is 2.46. The normalized spacial score (nSPS) is 22.0. The molecule has 1 aliphatic carbocycles. The van der Waals surface area contributed by atoms with E-state index < -0.39 is 0 Å². The number of hydrogen-bond donors (Lipinski definition) is 0. The molecule has 3 heteroatoms. The van der Waals surface area contributed by atoms with Crippen LogP contribution in [0.5, 0.6) is 0 Å². The first kappa shape index (κ1) is 13.5. The van der Waals surface area contributed by atoms with Gasteiger partial charge in [-0.25, -0.2) is 0 Å². The Labute approximate surface area is 94.5 Å². The molecular weight excluding hydrogens is 218 g/mol. The molecule has 1 unspecified atom stereocenters. The van der Waals surface area contributed by atoms with Crippen molar-refractivity contribution in [3.63, 3.8) is 0 Å². The first-order valence-corrected chi connectivity index (χ1v) is 5.08. The van der Waals surface area contributed by atoms with Gasteiger partial charge in [0.05, 0.1) is 0 Å². The zero-order valence-electron chi connectivity index (χ0n) is 7.99. The van der Waals surface area contributed by atoms with Crippen LogP contribution < -0.4 is 0 Å². The molecule has 1 aromatic rings. The predicted molar refractivity (Wildman–Crippen MR) is 52.5 cm³/mol. The summed E-state index contributed by atoms with van der Waals surface area (Å²) < 4.78 is 0.288. The van der Waals surface area contributed by atoms with E-state index in [1.165, 1.54) is 17.5 Å². The number of halogens is 2. The van der Waals surface area contributed by atoms with Gasteiger partial charge in [-0.3, -0.25) is 9.41 Å². The van der Waals surface area contributed by atoms with Gasteiger partial charge < -0.3 is 0 Å². The van der Waals surface area contributed by atoms with Crippen LogP contribution in [0.4, 0.5) is 9.41 Å². The van der Waals surface area contributed by atoms with Gasteiger partial charge in [-0.15, -0.1) is 0 Å². The van der Waals surface area contributed by atoms with Crippen molar-refractivity contribution in [2.24, 2.45) is 0 Å². The first-order chi connectivity index (χ1) is 5.76. The summed E-state index contributed by atoms with van der Waals surface area (Å²) >= 11 is 2.30.